The molecule has 0 rings (SSSR count). The largest absolute Gasteiger partial charge is 0.466 e. The number of ether oxygens (including phenoxy) is 2. The monoisotopic (exact) mass is 753 g/mol. The highest BCUT2D eigenvalue weighted by Crippen LogP contribution is 2.17. The van der Waals surface area contributed by atoms with Crippen molar-refractivity contribution in [2.75, 3.05) is 46.9 Å². The summed E-state index contributed by atoms with van der Waals surface area (Å²) in [5, 5.41) is 14.2. The van der Waals surface area contributed by atoms with E-state index in [0.717, 1.165) is 135 Å². The van der Waals surface area contributed by atoms with Gasteiger partial charge in [0.2, 0.25) is 0 Å². The Bertz CT molecular complexity index is 900. The summed E-state index contributed by atoms with van der Waals surface area (Å²) in [4.78, 5) is 39.5. The van der Waals surface area contributed by atoms with Crippen LogP contribution in [0.15, 0.2) is 12.0 Å². The molecular weight excluding hydrogens is 668 g/mol. The van der Waals surface area contributed by atoms with Gasteiger partial charge in [-0.3, -0.25) is 19.7 Å². The van der Waals surface area contributed by atoms with Gasteiger partial charge >= 0.3 is 11.9 Å². The fourth-order valence-corrected chi connectivity index (χ4v) is 6.61. The summed E-state index contributed by atoms with van der Waals surface area (Å²) in [5.41, 5.74) is 0. The second kappa shape index (κ2) is 37.9. The quantitative estimate of drug-likeness (QED) is 0.0283. The Morgan fingerprint density at radius 1 is 0.623 bits per heavy atom. The average molecular weight is 753 g/mol. The topological polar surface area (TPSA) is 114 Å². The van der Waals surface area contributed by atoms with E-state index < -0.39 is 4.92 Å². The molecule has 10 nitrogen and oxygen atoms in total. The van der Waals surface area contributed by atoms with Crippen LogP contribution in [0.4, 0.5) is 0 Å². The van der Waals surface area contributed by atoms with E-state index in [1.165, 1.54) is 57.8 Å². The number of nitrogens with one attached hydrogen (secondary N) is 1. The van der Waals surface area contributed by atoms with Crippen molar-refractivity contribution in [3.8, 4) is 0 Å². The van der Waals surface area contributed by atoms with E-state index in [1.807, 2.05) is 0 Å². The van der Waals surface area contributed by atoms with Crippen LogP contribution in [0.25, 0.3) is 0 Å². The Balaban J connectivity index is 4.47. The molecule has 0 bridgehead atoms. The summed E-state index contributed by atoms with van der Waals surface area (Å²) >= 11 is 0. The van der Waals surface area contributed by atoms with Gasteiger partial charge in [-0.2, -0.15) is 0 Å². The van der Waals surface area contributed by atoms with Crippen LogP contribution in [0.1, 0.15) is 201 Å². The molecule has 53 heavy (non-hydrogen) atoms. The molecule has 0 aliphatic heterocycles. The number of rotatable bonds is 40. The minimum absolute atomic E-state index is 0.0179. The van der Waals surface area contributed by atoms with E-state index in [9.17, 15) is 19.7 Å². The van der Waals surface area contributed by atoms with Crippen molar-refractivity contribution in [3.05, 3.63) is 22.1 Å². The van der Waals surface area contributed by atoms with Crippen LogP contribution in [-0.4, -0.2) is 79.6 Å². The van der Waals surface area contributed by atoms with Crippen molar-refractivity contribution in [1.29, 1.82) is 0 Å². The molecule has 10 heteroatoms. The molecule has 1 N–H and O–H groups in total. The SMILES string of the molecule is CCCCCCCCOC(=O)CCCCCCCN(CCCCCCCC(=O)OC(CCCCC)CCCCCC)CCCN/C(=C/[N+](=O)[O-])N(C)C. The first-order chi connectivity index (χ1) is 25.7. The van der Waals surface area contributed by atoms with Gasteiger partial charge in [0.05, 0.1) is 11.5 Å². The average Bonchev–Trinajstić information content (AvgIpc) is 3.12. The first kappa shape index (κ1) is 50.6. The highest BCUT2D eigenvalue weighted by Gasteiger charge is 2.14. The smallest absolute Gasteiger partial charge is 0.306 e. The van der Waals surface area contributed by atoms with E-state index in [1.54, 1.807) is 19.0 Å². The van der Waals surface area contributed by atoms with E-state index >= 15 is 0 Å². The summed E-state index contributed by atoms with van der Waals surface area (Å²) in [6.07, 6.45) is 31.3. The van der Waals surface area contributed by atoms with Crippen molar-refractivity contribution >= 4 is 11.9 Å². The second-order valence-corrected chi connectivity index (χ2v) is 15.3. The molecule has 0 aromatic rings. The Morgan fingerprint density at radius 3 is 1.64 bits per heavy atom. The maximum atomic E-state index is 12.6. The third kappa shape index (κ3) is 35.1. The second-order valence-electron chi connectivity index (χ2n) is 15.3. The normalized spacial score (nSPS) is 12.2. The van der Waals surface area contributed by atoms with Gasteiger partial charge in [-0.05, 0) is 83.8 Å². The van der Waals surface area contributed by atoms with Gasteiger partial charge in [0, 0.05) is 33.5 Å². The number of carbonyl (C=O) groups excluding carboxylic acids is 2. The zero-order valence-corrected chi connectivity index (χ0v) is 35.3. The van der Waals surface area contributed by atoms with Gasteiger partial charge in [0.1, 0.15) is 6.10 Å². The number of carbonyl (C=O) groups is 2. The zero-order valence-electron chi connectivity index (χ0n) is 35.3. The summed E-state index contributed by atoms with van der Waals surface area (Å²) in [6.45, 7) is 10.9. The number of nitro groups is 1. The van der Waals surface area contributed by atoms with E-state index in [2.05, 4.69) is 31.0 Å². The van der Waals surface area contributed by atoms with E-state index in [-0.39, 0.29) is 18.0 Å². The van der Waals surface area contributed by atoms with Gasteiger partial charge in [-0.1, -0.05) is 124 Å². The molecule has 0 radical (unpaired) electrons. The van der Waals surface area contributed by atoms with Crippen LogP contribution in [0.2, 0.25) is 0 Å². The van der Waals surface area contributed by atoms with Crippen LogP contribution >= 0.6 is 0 Å². The molecule has 0 aromatic carbocycles. The maximum absolute atomic E-state index is 12.6. The lowest BCUT2D eigenvalue weighted by Crippen LogP contribution is -2.32. The minimum atomic E-state index is -0.419. The lowest BCUT2D eigenvalue weighted by Gasteiger charge is -2.23. The first-order valence-electron chi connectivity index (χ1n) is 22.1. The standard InChI is InChI=1S/C43H84N4O6/c1-6-9-12-14-21-28-38-52-42(48)32-24-17-15-19-26-35-46(37-29-34-44-41(45(4)5)39-47(50)51)36-27-20-16-18-25-33-43(49)53-40(30-22-11-8-3)31-23-13-10-7-2/h39-40,44H,6-38H2,1-5H3/b41-39-. The number of esters is 2. The van der Waals surface area contributed by atoms with Crippen molar-refractivity contribution in [2.24, 2.45) is 0 Å². The van der Waals surface area contributed by atoms with Crippen molar-refractivity contribution < 1.29 is 24.0 Å². The molecular formula is C43H84N4O6. The fraction of sp³-hybridized carbons (Fsp3) is 0.907. The Kier molecular flexibility index (Phi) is 36.2. The van der Waals surface area contributed by atoms with E-state index in [0.29, 0.717) is 31.8 Å². The van der Waals surface area contributed by atoms with Crippen LogP contribution in [-0.2, 0) is 19.1 Å². The number of hydrogen-bond donors (Lipinski definition) is 1. The van der Waals surface area contributed by atoms with Gasteiger partial charge < -0.3 is 24.6 Å². The molecule has 0 saturated carbocycles. The molecule has 1 unspecified atom stereocenters. The van der Waals surface area contributed by atoms with Crippen LogP contribution in [0.5, 0.6) is 0 Å². The molecule has 0 heterocycles. The van der Waals surface area contributed by atoms with Gasteiger partial charge in [0.15, 0.2) is 5.82 Å². The third-order valence-corrected chi connectivity index (χ3v) is 9.95. The number of hydrogen-bond acceptors (Lipinski definition) is 9. The summed E-state index contributed by atoms with van der Waals surface area (Å²) in [5.74, 6) is 0.440. The molecule has 0 fully saturated rings. The zero-order chi connectivity index (χ0) is 39.2. The highest BCUT2D eigenvalue weighted by molar-refractivity contribution is 5.69. The Morgan fingerprint density at radius 2 is 1.08 bits per heavy atom. The molecule has 312 valence electrons. The molecule has 0 amide bonds. The van der Waals surface area contributed by atoms with Gasteiger partial charge in [0.25, 0.3) is 6.20 Å². The van der Waals surface area contributed by atoms with Gasteiger partial charge in [-0.15, -0.1) is 0 Å². The van der Waals surface area contributed by atoms with Crippen LogP contribution in [0.3, 0.4) is 0 Å². The lowest BCUT2D eigenvalue weighted by atomic mass is 10.0. The number of unbranched alkanes of at least 4 members (excludes halogenated alkanes) is 18. The summed E-state index contributed by atoms with van der Waals surface area (Å²) in [7, 11) is 3.61. The Labute approximate surface area is 326 Å². The Hall–Kier alpha value is -2.36. The van der Waals surface area contributed by atoms with Crippen molar-refractivity contribution in [1.82, 2.24) is 15.1 Å². The maximum Gasteiger partial charge on any atom is 0.306 e. The lowest BCUT2D eigenvalue weighted by molar-refractivity contribution is -0.404. The van der Waals surface area contributed by atoms with Crippen molar-refractivity contribution in [2.45, 2.75) is 207 Å². The molecule has 0 aliphatic rings. The first-order valence-corrected chi connectivity index (χ1v) is 22.1. The predicted molar refractivity (Wildman–Crippen MR) is 220 cm³/mol. The number of nitrogens with zero attached hydrogens (tertiary/aromatic N) is 3. The summed E-state index contributed by atoms with van der Waals surface area (Å²) < 4.78 is 11.3. The minimum Gasteiger partial charge on any atom is -0.466 e. The predicted octanol–water partition coefficient (Wildman–Crippen LogP) is 11.0. The summed E-state index contributed by atoms with van der Waals surface area (Å²) in [6, 6.07) is 0. The molecule has 0 aliphatic carbocycles. The molecule has 0 saturated heterocycles. The third-order valence-electron chi connectivity index (χ3n) is 9.95. The molecule has 0 spiro atoms. The fourth-order valence-electron chi connectivity index (χ4n) is 6.61. The van der Waals surface area contributed by atoms with Crippen LogP contribution in [0, 0.1) is 10.1 Å². The van der Waals surface area contributed by atoms with Gasteiger partial charge in [-0.25, -0.2) is 0 Å². The van der Waals surface area contributed by atoms with Crippen LogP contribution < -0.4 is 5.32 Å². The van der Waals surface area contributed by atoms with Crippen molar-refractivity contribution in [3.63, 3.8) is 0 Å². The highest BCUT2D eigenvalue weighted by atomic mass is 16.6. The molecule has 0 aromatic heterocycles. The van der Waals surface area contributed by atoms with E-state index in [4.69, 9.17) is 9.47 Å². The molecule has 1 atom stereocenters.